The van der Waals surface area contributed by atoms with Crippen LogP contribution in [0.2, 0.25) is 0 Å². The van der Waals surface area contributed by atoms with Crippen molar-refractivity contribution in [3.63, 3.8) is 0 Å². The normalized spacial score (nSPS) is 14.1. The molecule has 1 aliphatic heterocycles. The third-order valence-electron chi connectivity index (χ3n) is 4.07. The Balaban J connectivity index is 1.57. The number of hydrogen-bond acceptors (Lipinski definition) is 5. The van der Waals surface area contributed by atoms with Crippen LogP contribution in [-0.4, -0.2) is 28.9 Å². The fraction of sp³-hybridized carbons (Fsp3) is 0.222. The predicted octanol–water partition coefficient (Wildman–Crippen LogP) is 3.58. The fourth-order valence-electron chi connectivity index (χ4n) is 2.79. The molecule has 1 N–H and O–H groups in total. The number of nitrogens with zero attached hydrogens (tertiary/aromatic N) is 2. The van der Waals surface area contributed by atoms with Gasteiger partial charge in [0.05, 0.1) is 12.2 Å². The first-order valence-electron chi connectivity index (χ1n) is 8.01. The third-order valence-corrected chi connectivity index (χ3v) is 5.01. The number of thiophene rings is 1. The van der Waals surface area contributed by atoms with Gasteiger partial charge in [-0.2, -0.15) is 5.10 Å². The molecule has 0 aliphatic carbocycles. The maximum Gasteiger partial charge on any atom is 0.270 e. The minimum Gasteiger partial charge on any atom is -0.485 e. The van der Waals surface area contributed by atoms with E-state index in [1.54, 1.807) is 22.3 Å². The van der Waals surface area contributed by atoms with Gasteiger partial charge < -0.3 is 14.8 Å². The number of hydrogen-bond donors (Lipinski definition) is 1. The van der Waals surface area contributed by atoms with Crippen molar-refractivity contribution >= 4 is 23.1 Å². The van der Waals surface area contributed by atoms with Gasteiger partial charge in [-0.1, -0.05) is 30.3 Å². The molecular weight excluding hydrogens is 338 g/mol. The lowest BCUT2D eigenvalue weighted by molar-refractivity contribution is 0.102. The Hall–Kier alpha value is -2.80. The number of ether oxygens (including phenoxy) is 2. The summed E-state index contributed by atoms with van der Waals surface area (Å²) in [6.07, 6.45) is 1.68. The molecule has 0 fully saturated rings. The molecule has 3 aromatic rings. The van der Waals surface area contributed by atoms with Gasteiger partial charge in [-0.15, -0.1) is 11.3 Å². The molecule has 4 rings (SSSR count). The number of aromatic nitrogens is 2. The molecule has 1 aromatic carbocycles. The number of carbonyl (C=O) groups excluding carboxylic acids is 1. The first-order chi connectivity index (χ1) is 12.2. The van der Waals surface area contributed by atoms with Crippen molar-refractivity contribution in [2.24, 2.45) is 0 Å². The Morgan fingerprint density at radius 3 is 2.88 bits per heavy atom. The number of rotatable bonds is 4. The molecule has 2 aromatic heterocycles. The highest BCUT2D eigenvalue weighted by molar-refractivity contribution is 7.13. The molecule has 1 atom stereocenters. The van der Waals surface area contributed by atoms with Crippen molar-refractivity contribution in [2.75, 3.05) is 18.5 Å². The molecule has 1 unspecified atom stereocenters. The molecule has 1 aliphatic rings. The largest absolute Gasteiger partial charge is 0.485 e. The SMILES string of the molecule is CC(c1ccccc1)n1nccc1NC(=O)c1scc2c1OCCO2. The van der Waals surface area contributed by atoms with Crippen molar-refractivity contribution in [3.05, 3.63) is 58.4 Å². The molecule has 0 saturated carbocycles. The lowest BCUT2D eigenvalue weighted by Gasteiger charge is -2.17. The van der Waals surface area contributed by atoms with Crippen LogP contribution in [-0.2, 0) is 0 Å². The highest BCUT2D eigenvalue weighted by Crippen LogP contribution is 2.39. The van der Waals surface area contributed by atoms with Crippen molar-refractivity contribution in [1.82, 2.24) is 9.78 Å². The molecule has 0 bridgehead atoms. The highest BCUT2D eigenvalue weighted by Gasteiger charge is 2.24. The second-order valence-corrected chi connectivity index (χ2v) is 6.54. The molecule has 3 heterocycles. The summed E-state index contributed by atoms with van der Waals surface area (Å²) in [7, 11) is 0. The van der Waals surface area contributed by atoms with Crippen LogP contribution >= 0.6 is 11.3 Å². The molecule has 6 nitrogen and oxygen atoms in total. The summed E-state index contributed by atoms with van der Waals surface area (Å²) in [5.41, 5.74) is 1.12. The van der Waals surface area contributed by atoms with E-state index in [0.29, 0.717) is 35.4 Å². The van der Waals surface area contributed by atoms with E-state index in [-0.39, 0.29) is 11.9 Å². The van der Waals surface area contributed by atoms with Gasteiger partial charge in [0.15, 0.2) is 11.5 Å². The lowest BCUT2D eigenvalue weighted by atomic mass is 10.1. The number of fused-ring (bicyclic) bond motifs is 1. The fourth-order valence-corrected chi connectivity index (χ4v) is 3.61. The smallest absolute Gasteiger partial charge is 0.270 e. The van der Waals surface area contributed by atoms with E-state index in [4.69, 9.17) is 9.47 Å². The molecule has 1 amide bonds. The van der Waals surface area contributed by atoms with Crippen LogP contribution in [0.5, 0.6) is 11.5 Å². The standard InChI is InChI=1S/C18H17N3O3S/c1-12(13-5-3-2-4-6-13)21-15(7-8-19-21)20-18(22)17-16-14(11-25-17)23-9-10-24-16/h2-8,11-12H,9-10H2,1H3,(H,20,22). The minimum absolute atomic E-state index is 0.00309. The zero-order valence-corrected chi connectivity index (χ0v) is 14.5. The number of carbonyl (C=O) groups is 1. The van der Waals surface area contributed by atoms with Crippen LogP contribution in [0.25, 0.3) is 0 Å². The van der Waals surface area contributed by atoms with E-state index in [1.165, 1.54) is 11.3 Å². The van der Waals surface area contributed by atoms with Crippen molar-refractivity contribution in [2.45, 2.75) is 13.0 Å². The molecule has 7 heteroatoms. The van der Waals surface area contributed by atoms with E-state index in [9.17, 15) is 4.79 Å². The summed E-state index contributed by atoms with van der Waals surface area (Å²) in [4.78, 5) is 13.2. The summed E-state index contributed by atoms with van der Waals surface area (Å²) in [6, 6.07) is 11.8. The van der Waals surface area contributed by atoms with Crippen molar-refractivity contribution < 1.29 is 14.3 Å². The Bertz CT molecular complexity index is 888. The predicted molar refractivity (Wildman–Crippen MR) is 95.7 cm³/mol. The van der Waals surface area contributed by atoms with Gasteiger partial charge >= 0.3 is 0 Å². The second-order valence-electron chi connectivity index (χ2n) is 5.66. The van der Waals surface area contributed by atoms with E-state index >= 15 is 0 Å². The first kappa shape index (κ1) is 15.7. The molecule has 128 valence electrons. The Morgan fingerprint density at radius 1 is 1.24 bits per heavy atom. The molecule has 0 spiro atoms. The average molecular weight is 355 g/mol. The highest BCUT2D eigenvalue weighted by atomic mass is 32.1. The van der Waals surface area contributed by atoms with Crippen LogP contribution in [0.1, 0.15) is 28.2 Å². The zero-order chi connectivity index (χ0) is 17.2. The van der Waals surface area contributed by atoms with E-state index in [2.05, 4.69) is 10.4 Å². The van der Waals surface area contributed by atoms with Crippen LogP contribution in [0.3, 0.4) is 0 Å². The molecule has 0 saturated heterocycles. The number of benzene rings is 1. The minimum atomic E-state index is -0.223. The number of amides is 1. The van der Waals surface area contributed by atoms with Gasteiger partial charge in [0.25, 0.3) is 5.91 Å². The van der Waals surface area contributed by atoms with Crippen LogP contribution in [0.4, 0.5) is 5.82 Å². The van der Waals surface area contributed by atoms with E-state index < -0.39 is 0 Å². The van der Waals surface area contributed by atoms with E-state index in [1.807, 2.05) is 37.3 Å². The summed E-state index contributed by atoms with van der Waals surface area (Å²) in [5, 5.41) is 9.09. The van der Waals surface area contributed by atoms with Gasteiger partial charge in [0.2, 0.25) is 0 Å². The monoisotopic (exact) mass is 355 g/mol. The van der Waals surface area contributed by atoms with Crippen LogP contribution < -0.4 is 14.8 Å². The number of anilines is 1. The average Bonchev–Trinajstić information content (AvgIpc) is 3.28. The van der Waals surface area contributed by atoms with Crippen LogP contribution in [0, 0.1) is 0 Å². The maximum absolute atomic E-state index is 12.7. The Labute approximate surface area is 149 Å². The summed E-state index contributed by atoms with van der Waals surface area (Å²) < 4.78 is 12.9. The molecule has 25 heavy (non-hydrogen) atoms. The summed E-state index contributed by atoms with van der Waals surface area (Å²) >= 11 is 1.31. The van der Waals surface area contributed by atoms with Gasteiger partial charge in [0.1, 0.15) is 23.9 Å². The van der Waals surface area contributed by atoms with Crippen molar-refractivity contribution in [3.8, 4) is 11.5 Å². The van der Waals surface area contributed by atoms with Gasteiger partial charge in [-0.25, -0.2) is 4.68 Å². The third kappa shape index (κ3) is 2.98. The van der Waals surface area contributed by atoms with Gasteiger partial charge in [-0.05, 0) is 12.5 Å². The summed E-state index contributed by atoms with van der Waals surface area (Å²) in [5.74, 6) is 1.57. The Morgan fingerprint density at radius 2 is 2.04 bits per heavy atom. The van der Waals surface area contributed by atoms with Gasteiger partial charge in [-0.3, -0.25) is 4.79 Å². The lowest BCUT2D eigenvalue weighted by Crippen LogP contribution is -2.20. The summed E-state index contributed by atoms with van der Waals surface area (Å²) in [6.45, 7) is 3.00. The topological polar surface area (TPSA) is 65.4 Å². The van der Waals surface area contributed by atoms with Crippen LogP contribution in [0.15, 0.2) is 48.0 Å². The van der Waals surface area contributed by atoms with Crippen molar-refractivity contribution in [1.29, 1.82) is 0 Å². The Kier molecular flexibility index (Phi) is 4.15. The van der Waals surface area contributed by atoms with Gasteiger partial charge in [0, 0.05) is 11.4 Å². The number of nitrogens with one attached hydrogen (secondary N) is 1. The maximum atomic E-state index is 12.7. The molecular formula is C18H17N3O3S. The first-order valence-corrected chi connectivity index (χ1v) is 8.89. The van der Waals surface area contributed by atoms with E-state index in [0.717, 1.165) is 5.56 Å². The quantitative estimate of drug-likeness (QED) is 0.777. The zero-order valence-electron chi connectivity index (χ0n) is 13.6. The molecule has 0 radical (unpaired) electrons. The second kappa shape index (κ2) is 6.60.